The van der Waals surface area contributed by atoms with Gasteiger partial charge in [0.25, 0.3) is 0 Å². The molecule has 2 heterocycles. The van der Waals surface area contributed by atoms with Gasteiger partial charge in [0.15, 0.2) is 0 Å². The van der Waals surface area contributed by atoms with Gasteiger partial charge >= 0.3 is 0 Å². The van der Waals surface area contributed by atoms with Crippen LogP contribution in [0.3, 0.4) is 0 Å². The molecule has 5 heteroatoms. The van der Waals surface area contributed by atoms with E-state index in [0.717, 1.165) is 37.4 Å². The molecule has 0 aliphatic carbocycles. The maximum absolute atomic E-state index is 11.0. The molecule has 5 nitrogen and oxygen atoms in total. The van der Waals surface area contributed by atoms with E-state index in [1.807, 2.05) is 19.1 Å². The molecule has 1 aliphatic rings. The second-order valence-electron chi connectivity index (χ2n) is 6.43. The molecule has 1 N–H and O–H groups in total. The molecule has 1 amide bonds. The molecule has 1 aromatic heterocycles. The average Bonchev–Trinajstić information content (AvgIpc) is 3.07. The van der Waals surface area contributed by atoms with Crippen LogP contribution in [0, 0.1) is 13.8 Å². The number of likely N-dealkylation sites (tertiary alicyclic amines) is 1. The van der Waals surface area contributed by atoms with E-state index in [0.29, 0.717) is 6.04 Å². The van der Waals surface area contributed by atoms with E-state index < -0.39 is 0 Å². The van der Waals surface area contributed by atoms with Crippen molar-refractivity contribution >= 4 is 11.6 Å². The summed E-state index contributed by atoms with van der Waals surface area (Å²) in [5, 5.41) is 7.42. The molecule has 1 aromatic carbocycles. The normalized spacial score (nSPS) is 18.3. The van der Waals surface area contributed by atoms with Crippen LogP contribution in [0.1, 0.15) is 36.3 Å². The average molecular weight is 312 g/mol. The molecule has 122 valence electrons. The summed E-state index contributed by atoms with van der Waals surface area (Å²) in [5.74, 6) is -0.0370. The number of nitrogens with zero attached hydrogens (tertiary/aromatic N) is 3. The number of hydrogen-bond donors (Lipinski definition) is 1. The molecule has 0 spiro atoms. The predicted octanol–water partition coefficient (Wildman–Crippen LogP) is 2.91. The third-order valence-corrected chi connectivity index (χ3v) is 4.32. The number of benzene rings is 1. The van der Waals surface area contributed by atoms with Gasteiger partial charge in [-0.1, -0.05) is 12.1 Å². The Morgan fingerprint density at radius 3 is 2.65 bits per heavy atom. The standard InChI is InChI=1S/C18H24N4O/c1-13-10-14(2)22(20-13)18-8-9-21(12-18)11-16-4-6-17(7-5-16)19-15(3)23/h4-7,10,18H,8-9,11-12H2,1-3H3,(H,19,23)/t18-/m0/s1. The molecule has 23 heavy (non-hydrogen) atoms. The summed E-state index contributed by atoms with van der Waals surface area (Å²) in [5.41, 5.74) is 4.46. The van der Waals surface area contributed by atoms with Gasteiger partial charge in [-0.2, -0.15) is 5.10 Å². The molecule has 2 aromatic rings. The van der Waals surface area contributed by atoms with Gasteiger partial charge in [0, 0.05) is 37.9 Å². The largest absolute Gasteiger partial charge is 0.326 e. The zero-order chi connectivity index (χ0) is 16.4. The SMILES string of the molecule is CC(=O)Nc1ccc(CN2CC[C@H](n3nc(C)cc3C)C2)cc1. The lowest BCUT2D eigenvalue weighted by Gasteiger charge is -2.17. The Bertz CT molecular complexity index is 690. The van der Waals surface area contributed by atoms with Crippen molar-refractivity contribution in [2.24, 2.45) is 0 Å². The first-order valence-electron chi connectivity index (χ1n) is 8.13. The molecule has 1 aliphatic heterocycles. The van der Waals surface area contributed by atoms with Crippen molar-refractivity contribution in [1.29, 1.82) is 0 Å². The fourth-order valence-corrected chi connectivity index (χ4v) is 3.33. The van der Waals surface area contributed by atoms with E-state index in [1.54, 1.807) is 0 Å². The molecular weight excluding hydrogens is 288 g/mol. The van der Waals surface area contributed by atoms with Crippen molar-refractivity contribution in [2.45, 2.75) is 39.8 Å². The number of hydrogen-bond acceptors (Lipinski definition) is 3. The van der Waals surface area contributed by atoms with Crippen molar-refractivity contribution in [1.82, 2.24) is 14.7 Å². The van der Waals surface area contributed by atoms with Crippen molar-refractivity contribution in [3.63, 3.8) is 0 Å². The molecular formula is C18H24N4O. The van der Waals surface area contributed by atoms with Crippen LogP contribution >= 0.6 is 0 Å². The van der Waals surface area contributed by atoms with Crippen LogP contribution < -0.4 is 5.32 Å². The molecule has 0 unspecified atom stereocenters. The van der Waals surface area contributed by atoms with Gasteiger partial charge in [0.1, 0.15) is 0 Å². The Morgan fingerprint density at radius 1 is 1.30 bits per heavy atom. The summed E-state index contributed by atoms with van der Waals surface area (Å²) in [6.45, 7) is 8.77. The minimum atomic E-state index is -0.0370. The molecule has 0 bridgehead atoms. The van der Waals surface area contributed by atoms with E-state index in [-0.39, 0.29) is 5.91 Å². The first-order valence-corrected chi connectivity index (χ1v) is 8.13. The van der Waals surface area contributed by atoms with E-state index in [4.69, 9.17) is 0 Å². The van der Waals surface area contributed by atoms with E-state index in [1.165, 1.54) is 18.2 Å². The Balaban J connectivity index is 1.59. The number of nitrogens with one attached hydrogen (secondary N) is 1. The Morgan fingerprint density at radius 2 is 2.04 bits per heavy atom. The fourth-order valence-electron chi connectivity index (χ4n) is 3.33. The van der Waals surface area contributed by atoms with Gasteiger partial charge in [0.2, 0.25) is 5.91 Å². The van der Waals surface area contributed by atoms with Crippen LogP contribution in [-0.2, 0) is 11.3 Å². The summed E-state index contributed by atoms with van der Waals surface area (Å²) in [6, 6.07) is 10.7. The van der Waals surface area contributed by atoms with Gasteiger partial charge in [0.05, 0.1) is 11.7 Å². The van der Waals surface area contributed by atoms with Crippen molar-refractivity contribution in [3.8, 4) is 0 Å². The summed E-state index contributed by atoms with van der Waals surface area (Å²) in [6.07, 6.45) is 1.14. The number of aromatic nitrogens is 2. The third-order valence-electron chi connectivity index (χ3n) is 4.32. The molecule has 1 saturated heterocycles. The van der Waals surface area contributed by atoms with Crippen molar-refractivity contribution in [2.75, 3.05) is 18.4 Å². The Labute approximate surface area is 137 Å². The first-order chi connectivity index (χ1) is 11.0. The first kappa shape index (κ1) is 15.7. The van der Waals surface area contributed by atoms with Gasteiger partial charge in [-0.15, -0.1) is 0 Å². The highest BCUT2D eigenvalue weighted by Gasteiger charge is 2.25. The quantitative estimate of drug-likeness (QED) is 0.944. The maximum Gasteiger partial charge on any atom is 0.221 e. The zero-order valence-electron chi connectivity index (χ0n) is 14.0. The second kappa shape index (κ2) is 6.54. The number of anilines is 1. The maximum atomic E-state index is 11.0. The minimum Gasteiger partial charge on any atom is -0.326 e. The van der Waals surface area contributed by atoms with Gasteiger partial charge in [-0.05, 0) is 44.0 Å². The van der Waals surface area contributed by atoms with E-state index in [9.17, 15) is 4.79 Å². The van der Waals surface area contributed by atoms with Crippen LogP contribution in [0.2, 0.25) is 0 Å². The lowest BCUT2D eigenvalue weighted by Crippen LogP contribution is -2.22. The molecule has 1 fully saturated rings. The zero-order valence-corrected chi connectivity index (χ0v) is 14.0. The molecule has 3 rings (SSSR count). The van der Waals surface area contributed by atoms with Crippen LogP contribution in [0.5, 0.6) is 0 Å². The molecule has 0 saturated carbocycles. The van der Waals surface area contributed by atoms with Crippen LogP contribution in [0.15, 0.2) is 30.3 Å². The van der Waals surface area contributed by atoms with Gasteiger partial charge in [-0.25, -0.2) is 0 Å². The van der Waals surface area contributed by atoms with Crippen LogP contribution in [0.4, 0.5) is 5.69 Å². The summed E-state index contributed by atoms with van der Waals surface area (Å²) >= 11 is 0. The number of carbonyl (C=O) groups is 1. The number of amides is 1. The highest BCUT2D eigenvalue weighted by Crippen LogP contribution is 2.24. The number of rotatable bonds is 4. The minimum absolute atomic E-state index is 0.0370. The lowest BCUT2D eigenvalue weighted by atomic mass is 10.2. The van der Waals surface area contributed by atoms with Gasteiger partial charge < -0.3 is 5.32 Å². The summed E-state index contributed by atoms with van der Waals surface area (Å²) in [4.78, 5) is 13.5. The monoisotopic (exact) mass is 312 g/mol. The van der Waals surface area contributed by atoms with Gasteiger partial charge in [-0.3, -0.25) is 14.4 Å². The smallest absolute Gasteiger partial charge is 0.221 e. The van der Waals surface area contributed by atoms with Crippen molar-refractivity contribution in [3.05, 3.63) is 47.3 Å². The molecule has 1 atom stereocenters. The van der Waals surface area contributed by atoms with E-state index in [2.05, 4.69) is 45.1 Å². The second-order valence-corrected chi connectivity index (χ2v) is 6.43. The molecule has 0 radical (unpaired) electrons. The number of carbonyl (C=O) groups excluding carboxylic acids is 1. The third kappa shape index (κ3) is 3.79. The fraction of sp³-hybridized carbons (Fsp3) is 0.444. The van der Waals surface area contributed by atoms with E-state index >= 15 is 0 Å². The highest BCUT2D eigenvalue weighted by atomic mass is 16.1. The number of aryl methyl sites for hydroxylation is 2. The Kier molecular flexibility index (Phi) is 4.48. The summed E-state index contributed by atoms with van der Waals surface area (Å²) < 4.78 is 2.18. The summed E-state index contributed by atoms with van der Waals surface area (Å²) in [7, 11) is 0. The van der Waals surface area contributed by atoms with Crippen molar-refractivity contribution < 1.29 is 4.79 Å². The topological polar surface area (TPSA) is 50.2 Å². The predicted molar refractivity (Wildman–Crippen MR) is 91.4 cm³/mol. The van der Waals surface area contributed by atoms with Crippen LogP contribution in [-0.4, -0.2) is 33.7 Å². The highest BCUT2D eigenvalue weighted by molar-refractivity contribution is 5.88. The lowest BCUT2D eigenvalue weighted by molar-refractivity contribution is -0.114. The Hall–Kier alpha value is -2.14. The van der Waals surface area contributed by atoms with Crippen LogP contribution in [0.25, 0.3) is 0 Å².